The fourth-order valence-corrected chi connectivity index (χ4v) is 4.77. The Morgan fingerprint density at radius 2 is 1.56 bits per heavy atom. The van der Waals surface area contributed by atoms with Crippen molar-refractivity contribution >= 4 is 23.5 Å². The maximum absolute atomic E-state index is 12.3. The Kier molecular flexibility index (Phi) is 9.12. The number of piperidine rings is 1. The number of benzene rings is 2. The number of hydroxylamine groups is 1. The SMILES string of the molecule is O=C(Cc1ccc(-c2ccc(NCC3CCN(c4ncc(C(=O)NO)cn4)CC3)cc2)cn1)NCc1ccccc1. The van der Waals surface area contributed by atoms with E-state index in [1.165, 1.54) is 12.4 Å². The van der Waals surface area contributed by atoms with E-state index in [1.807, 2.05) is 48.7 Å². The van der Waals surface area contributed by atoms with Gasteiger partial charge in [-0.25, -0.2) is 15.4 Å². The molecule has 2 aromatic heterocycles. The van der Waals surface area contributed by atoms with Gasteiger partial charge in [0.1, 0.15) is 0 Å². The van der Waals surface area contributed by atoms with Crippen molar-refractivity contribution in [3.8, 4) is 11.1 Å². The maximum Gasteiger partial charge on any atom is 0.277 e. The minimum atomic E-state index is -0.625. The van der Waals surface area contributed by atoms with Crippen LogP contribution in [0.1, 0.15) is 34.5 Å². The summed E-state index contributed by atoms with van der Waals surface area (Å²) in [6.45, 7) is 3.07. The predicted molar refractivity (Wildman–Crippen MR) is 156 cm³/mol. The van der Waals surface area contributed by atoms with Gasteiger partial charge in [0.15, 0.2) is 0 Å². The molecule has 4 N–H and O–H groups in total. The molecule has 0 radical (unpaired) electrons. The molecule has 10 heteroatoms. The molecule has 5 rings (SSSR count). The lowest BCUT2D eigenvalue weighted by Gasteiger charge is -2.32. The van der Waals surface area contributed by atoms with Gasteiger partial charge in [-0.05, 0) is 48.1 Å². The van der Waals surface area contributed by atoms with Gasteiger partial charge < -0.3 is 15.5 Å². The maximum atomic E-state index is 12.3. The third-order valence-corrected chi connectivity index (χ3v) is 7.21. The highest BCUT2D eigenvalue weighted by atomic mass is 16.5. The quantitative estimate of drug-likeness (QED) is 0.173. The highest BCUT2D eigenvalue weighted by Crippen LogP contribution is 2.24. The second-order valence-corrected chi connectivity index (χ2v) is 10.1. The van der Waals surface area contributed by atoms with Crippen LogP contribution in [0.3, 0.4) is 0 Å². The molecule has 1 fully saturated rings. The van der Waals surface area contributed by atoms with E-state index < -0.39 is 5.91 Å². The summed E-state index contributed by atoms with van der Waals surface area (Å²) in [6, 6.07) is 22.1. The molecule has 0 spiro atoms. The summed E-state index contributed by atoms with van der Waals surface area (Å²) in [6.07, 6.45) is 6.92. The summed E-state index contributed by atoms with van der Waals surface area (Å²) in [5, 5.41) is 15.2. The highest BCUT2D eigenvalue weighted by Gasteiger charge is 2.21. The zero-order valence-electron chi connectivity index (χ0n) is 22.7. The number of nitrogens with one attached hydrogen (secondary N) is 3. The molecule has 0 aliphatic carbocycles. The number of carbonyl (C=O) groups is 2. The average molecular weight is 552 g/mol. The van der Waals surface area contributed by atoms with Crippen LogP contribution in [0.2, 0.25) is 0 Å². The minimum absolute atomic E-state index is 0.0492. The third kappa shape index (κ3) is 7.64. The number of anilines is 2. The van der Waals surface area contributed by atoms with Gasteiger partial charge in [-0.1, -0.05) is 48.5 Å². The first-order valence-electron chi connectivity index (χ1n) is 13.7. The van der Waals surface area contributed by atoms with E-state index in [0.29, 0.717) is 18.4 Å². The van der Waals surface area contributed by atoms with Crippen LogP contribution in [0.15, 0.2) is 85.3 Å². The summed E-state index contributed by atoms with van der Waals surface area (Å²) >= 11 is 0. The van der Waals surface area contributed by atoms with Crippen LogP contribution in [0.25, 0.3) is 11.1 Å². The van der Waals surface area contributed by atoms with Crippen molar-refractivity contribution in [2.24, 2.45) is 5.92 Å². The topological polar surface area (TPSA) is 132 Å². The second kappa shape index (κ2) is 13.5. The van der Waals surface area contributed by atoms with Gasteiger partial charge in [-0.2, -0.15) is 0 Å². The fourth-order valence-electron chi connectivity index (χ4n) is 4.77. The molecule has 10 nitrogen and oxygen atoms in total. The van der Waals surface area contributed by atoms with Crippen LogP contribution in [0.4, 0.5) is 11.6 Å². The summed E-state index contributed by atoms with van der Waals surface area (Å²) in [4.78, 5) is 38.9. The predicted octanol–water partition coefficient (Wildman–Crippen LogP) is 3.85. The van der Waals surface area contributed by atoms with Crippen LogP contribution in [0, 0.1) is 5.92 Å². The molecule has 2 amide bonds. The number of aromatic nitrogens is 3. The summed E-state index contributed by atoms with van der Waals surface area (Å²) in [5.41, 5.74) is 6.75. The highest BCUT2D eigenvalue weighted by molar-refractivity contribution is 5.92. The third-order valence-electron chi connectivity index (χ3n) is 7.21. The van der Waals surface area contributed by atoms with Crippen molar-refractivity contribution in [2.75, 3.05) is 29.9 Å². The van der Waals surface area contributed by atoms with E-state index in [1.54, 1.807) is 5.48 Å². The van der Waals surface area contributed by atoms with Crippen molar-refractivity contribution in [2.45, 2.75) is 25.8 Å². The van der Waals surface area contributed by atoms with E-state index in [4.69, 9.17) is 5.21 Å². The monoisotopic (exact) mass is 551 g/mol. The van der Waals surface area contributed by atoms with Crippen LogP contribution in [0.5, 0.6) is 0 Å². The molecule has 0 unspecified atom stereocenters. The number of amides is 2. The van der Waals surface area contributed by atoms with Crippen molar-refractivity contribution in [1.29, 1.82) is 0 Å². The lowest BCUT2D eigenvalue weighted by atomic mass is 9.97. The number of nitrogens with zero attached hydrogens (tertiary/aromatic N) is 4. The van der Waals surface area contributed by atoms with E-state index in [2.05, 4.69) is 54.8 Å². The first-order chi connectivity index (χ1) is 20.1. The molecule has 0 saturated carbocycles. The van der Waals surface area contributed by atoms with Gasteiger partial charge in [0, 0.05) is 61.7 Å². The molecule has 0 atom stereocenters. The molecule has 41 heavy (non-hydrogen) atoms. The number of rotatable bonds is 10. The molecule has 1 saturated heterocycles. The zero-order valence-corrected chi connectivity index (χ0v) is 22.7. The van der Waals surface area contributed by atoms with Crippen molar-refractivity contribution in [1.82, 2.24) is 25.7 Å². The number of carbonyl (C=O) groups excluding carboxylic acids is 2. The lowest BCUT2D eigenvalue weighted by Crippen LogP contribution is -2.37. The van der Waals surface area contributed by atoms with Crippen LogP contribution >= 0.6 is 0 Å². The number of hydrogen-bond acceptors (Lipinski definition) is 8. The minimum Gasteiger partial charge on any atom is -0.385 e. The van der Waals surface area contributed by atoms with Crippen molar-refractivity contribution in [3.63, 3.8) is 0 Å². The Balaban J connectivity index is 1.05. The van der Waals surface area contributed by atoms with Crippen molar-refractivity contribution < 1.29 is 14.8 Å². The first kappa shape index (κ1) is 27.7. The van der Waals surface area contributed by atoms with Crippen molar-refractivity contribution in [3.05, 3.63) is 102 Å². The molecular weight excluding hydrogens is 518 g/mol. The first-order valence-corrected chi connectivity index (χ1v) is 13.7. The Hall–Kier alpha value is -4.83. The molecule has 2 aromatic carbocycles. The normalized spacial score (nSPS) is 13.4. The smallest absolute Gasteiger partial charge is 0.277 e. The molecule has 0 bridgehead atoms. The molecule has 3 heterocycles. The number of hydrogen-bond donors (Lipinski definition) is 4. The zero-order chi connectivity index (χ0) is 28.4. The van der Waals surface area contributed by atoms with Crippen LogP contribution in [-0.4, -0.2) is 51.6 Å². The van der Waals surface area contributed by atoms with E-state index in [9.17, 15) is 9.59 Å². The van der Waals surface area contributed by atoms with E-state index in [-0.39, 0.29) is 17.9 Å². The van der Waals surface area contributed by atoms with Gasteiger partial charge in [-0.3, -0.25) is 19.8 Å². The average Bonchev–Trinajstić information content (AvgIpc) is 3.04. The largest absolute Gasteiger partial charge is 0.385 e. The van der Waals surface area contributed by atoms with Gasteiger partial charge in [0.05, 0.1) is 12.0 Å². The van der Waals surface area contributed by atoms with Gasteiger partial charge >= 0.3 is 0 Å². The molecule has 1 aliphatic heterocycles. The molecule has 210 valence electrons. The summed E-state index contributed by atoms with van der Waals surface area (Å²) in [5.74, 6) is 0.453. The van der Waals surface area contributed by atoms with Gasteiger partial charge in [0.25, 0.3) is 5.91 Å². The van der Waals surface area contributed by atoms with Crippen LogP contribution in [-0.2, 0) is 17.8 Å². The molecule has 1 aliphatic rings. The Labute approximate surface area is 238 Å². The molecular formula is C31H33N7O3. The number of pyridine rings is 1. The second-order valence-electron chi connectivity index (χ2n) is 10.1. The van der Waals surface area contributed by atoms with E-state index >= 15 is 0 Å². The molecule has 4 aromatic rings. The van der Waals surface area contributed by atoms with Gasteiger partial charge in [0.2, 0.25) is 11.9 Å². The summed E-state index contributed by atoms with van der Waals surface area (Å²) < 4.78 is 0. The Bertz CT molecular complexity index is 1420. The van der Waals surface area contributed by atoms with E-state index in [0.717, 1.165) is 60.5 Å². The fraction of sp³-hybridized carbons (Fsp3) is 0.258. The lowest BCUT2D eigenvalue weighted by molar-refractivity contribution is -0.120. The summed E-state index contributed by atoms with van der Waals surface area (Å²) in [7, 11) is 0. The standard InChI is InChI=1S/C31H33N7O3/c39-29(34-18-22-4-2-1-3-5-22)16-28-11-8-25(19-33-28)24-6-9-27(10-7-24)32-17-23-12-14-38(15-13-23)31-35-20-26(21-36-31)30(40)37-41/h1-11,19-21,23,32,41H,12-18H2,(H,34,39)(H,37,40). The Morgan fingerprint density at radius 3 is 2.22 bits per heavy atom. The van der Waals surface area contributed by atoms with Gasteiger partial charge in [-0.15, -0.1) is 0 Å². The van der Waals surface area contributed by atoms with Crippen LogP contribution < -0.4 is 21.0 Å². The Morgan fingerprint density at radius 1 is 0.854 bits per heavy atom.